The number of rotatable bonds is 5. The molecule has 4 rings (SSSR count). The molecule has 27 heavy (non-hydrogen) atoms. The average molecular weight is 359 g/mol. The normalized spacial score (nSPS) is 12.0. The van der Waals surface area contributed by atoms with E-state index in [4.69, 9.17) is 0 Å². The van der Waals surface area contributed by atoms with E-state index < -0.39 is 0 Å². The lowest BCUT2D eigenvalue weighted by atomic mass is 9.95. The van der Waals surface area contributed by atoms with Crippen molar-refractivity contribution in [3.8, 4) is 0 Å². The molecule has 6 heteroatoms. The molecule has 0 saturated heterocycles. The van der Waals surface area contributed by atoms with Gasteiger partial charge in [0, 0.05) is 45.9 Å². The summed E-state index contributed by atoms with van der Waals surface area (Å²) in [5.41, 5.74) is 4.04. The molecule has 4 aromatic rings. The Balaban J connectivity index is 1.89. The van der Waals surface area contributed by atoms with Gasteiger partial charge in [0.25, 0.3) is 11.5 Å². The van der Waals surface area contributed by atoms with Crippen LogP contribution in [0.2, 0.25) is 0 Å². The van der Waals surface area contributed by atoms with Crippen LogP contribution in [0.15, 0.2) is 72.9 Å². The molecule has 0 aliphatic carbocycles. The molecule has 0 aliphatic heterocycles. The summed E-state index contributed by atoms with van der Waals surface area (Å²) in [5, 5.41) is 15.9. The van der Waals surface area contributed by atoms with E-state index in [1.54, 1.807) is 12.1 Å². The molecule has 1 atom stereocenters. The number of aryl methyl sites for hydroxylation is 1. The fourth-order valence-electron chi connectivity index (χ4n) is 3.45. The maximum Gasteiger partial charge on any atom is 0.272 e. The molecule has 0 saturated carbocycles. The molecule has 0 aliphatic rings. The number of benzene rings is 2. The predicted octanol–water partition coefficient (Wildman–Crippen LogP) is 4.40. The molecular weight excluding hydrogens is 340 g/mol. The number of nitrogens with zero attached hydrogens (tertiary/aromatic N) is 1. The number of nitro groups is 1. The molecule has 2 aromatic heterocycles. The maximum atomic E-state index is 11.3. The molecule has 134 valence electrons. The first kappa shape index (κ1) is 16.8. The van der Waals surface area contributed by atoms with Crippen LogP contribution in [0.3, 0.4) is 0 Å². The minimum absolute atomic E-state index is 0.0776. The first-order valence-electron chi connectivity index (χ1n) is 8.68. The lowest BCUT2D eigenvalue weighted by Gasteiger charge is -2.16. The van der Waals surface area contributed by atoms with Crippen molar-refractivity contribution in [3.05, 3.63) is 99.9 Å². The number of anilines is 1. The van der Waals surface area contributed by atoms with Gasteiger partial charge in [-0.05, 0) is 19.1 Å². The summed E-state index contributed by atoms with van der Waals surface area (Å²) in [6.45, 7) is 2.02. The largest absolute Gasteiger partial charge is 0.358 e. The molecule has 0 fully saturated rings. The van der Waals surface area contributed by atoms with Crippen LogP contribution in [0.4, 0.5) is 11.5 Å². The zero-order valence-corrected chi connectivity index (χ0v) is 14.8. The van der Waals surface area contributed by atoms with Crippen LogP contribution in [0, 0.1) is 17.0 Å². The highest BCUT2D eigenvalue weighted by atomic mass is 16.6. The molecule has 2 aromatic carbocycles. The van der Waals surface area contributed by atoms with Crippen molar-refractivity contribution in [1.29, 1.82) is 0 Å². The van der Waals surface area contributed by atoms with Crippen molar-refractivity contribution in [3.63, 3.8) is 0 Å². The lowest BCUT2D eigenvalue weighted by Crippen LogP contribution is -2.19. The Morgan fingerprint density at radius 3 is 2.67 bits per heavy atom. The van der Waals surface area contributed by atoms with Gasteiger partial charge in [-0.25, -0.2) is 4.98 Å². The zero-order chi connectivity index (χ0) is 18.8. The van der Waals surface area contributed by atoms with Crippen molar-refractivity contribution in [2.45, 2.75) is 13.0 Å². The van der Waals surface area contributed by atoms with E-state index in [1.165, 1.54) is 6.07 Å². The van der Waals surface area contributed by atoms with Crippen molar-refractivity contribution < 1.29 is 9.91 Å². The van der Waals surface area contributed by atoms with Crippen LogP contribution in [-0.4, -0.2) is 9.91 Å². The third-order valence-corrected chi connectivity index (χ3v) is 4.66. The second-order valence-electron chi connectivity index (χ2n) is 6.41. The van der Waals surface area contributed by atoms with Gasteiger partial charge in [0.15, 0.2) is 0 Å². The minimum atomic E-state index is -0.364. The second-order valence-corrected chi connectivity index (χ2v) is 6.41. The summed E-state index contributed by atoms with van der Waals surface area (Å²) in [6, 6.07) is 20.4. The number of pyridine rings is 1. The number of aromatic amines is 2. The van der Waals surface area contributed by atoms with Crippen molar-refractivity contribution in [2.24, 2.45) is 0 Å². The molecule has 0 amide bonds. The molecule has 0 unspecified atom stereocenters. The number of para-hydroxylation sites is 1. The number of nitrogens with one attached hydrogen (secondary N) is 3. The van der Waals surface area contributed by atoms with Crippen molar-refractivity contribution >= 4 is 22.4 Å². The average Bonchev–Trinajstić information content (AvgIpc) is 3.02. The highest BCUT2D eigenvalue weighted by Gasteiger charge is 2.26. The number of nitro benzene ring substituents is 1. The first-order chi connectivity index (χ1) is 13.1. The third-order valence-electron chi connectivity index (χ3n) is 4.66. The SMILES string of the molecule is Cc1[nH]c2ccccc2c1[C@H](Nc1cccc[nH+]1)c1cccc([N+](=O)[O-])c1. The summed E-state index contributed by atoms with van der Waals surface area (Å²) < 4.78 is 0. The Bertz CT molecular complexity index is 1110. The van der Waals surface area contributed by atoms with Crippen LogP contribution in [0.5, 0.6) is 0 Å². The Morgan fingerprint density at radius 2 is 1.89 bits per heavy atom. The van der Waals surface area contributed by atoms with Crippen LogP contribution < -0.4 is 10.3 Å². The van der Waals surface area contributed by atoms with Gasteiger partial charge in [-0.2, -0.15) is 0 Å². The van der Waals surface area contributed by atoms with Crippen LogP contribution in [-0.2, 0) is 0 Å². The highest BCUT2D eigenvalue weighted by molar-refractivity contribution is 5.86. The van der Waals surface area contributed by atoms with Gasteiger partial charge in [0.05, 0.1) is 11.1 Å². The Labute approximate surface area is 156 Å². The van der Waals surface area contributed by atoms with E-state index in [0.29, 0.717) is 0 Å². The quantitative estimate of drug-likeness (QED) is 0.409. The maximum absolute atomic E-state index is 11.3. The smallest absolute Gasteiger partial charge is 0.272 e. The molecule has 3 N–H and O–H groups in total. The number of non-ortho nitro benzene ring substituents is 1. The molecular formula is C21H19N4O2+. The van der Waals surface area contributed by atoms with Gasteiger partial charge in [0.1, 0.15) is 6.04 Å². The topological polar surface area (TPSA) is 85.1 Å². The minimum Gasteiger partial charge on any atom is -0.358 e. The van der Waals surface area contributed by atoms with E-state index in [9.17, 15) is 10.1 Å². The van der Waals surface area contributed by atoms with Crippen molar-refractivity contribution in [1.82, 2.24) is 4.98 Å². The van der Waals surface area contributed by atoms with Gasteiger partial charge in [-0.3, -0.25) is 15.4 Å². The molecule has 0 radical (unpaired) electrons. The summed E-state index contributed by atoms with van der Waals surface area (Å²) >= 11 is 0. The van der Waals surface area contributed by atoms with E-state index in [2.05, 4.69) is 21.4 Å². The fourth-order valence-corrected chi connectivity index (χ4v) is 3.45. The van der Waals surface area contributed by atoms with Gasteiger partial charge < -0.3 is 4.98 Å². The second kappa shape index (κ2) is 6.92. The number of hydrogen-bond acceptors (Lipinski definition) is 3. The number of fused-ring (bicyclic) bond motifs is 1. The molecule has 0 bridgehead atoms. The van der Waals surface area contributed by atoms with E-state index in [1.807, 2.05) is 55.6 Å². The molecule has 6 nitrogen and oxygen atoms in total. The monoisotopic (exact) mass is 359 g/mol. The molecule has 0 spiro atoms. The van der Waals surface area contributed by atoms with Crippen LogP contribution in [0.25, 0.3) is 10.9 Å². The Kier molecular flexibility index (Phi) is 4.30. The summed E-state index contributed by atoms with van der Waals surface area (Å²) in [5.74, 6) is 0.832. The highest BCUT2D eigenvalue weighted by Crippen LogP contribution is 2.34. The lowest BCUT2D eigenvalue weighted by molar-refractivity contribution is -0.384. The van der Waals surface area contributed by atoms with Crippen LogP contribution in [0.1, 0.15) is 22.9 Å². The Hall–Kier alpha value is -3.67. The number of aromatic nitrogens is 2. The fraction of sp³-hybridized carbons (Fsp3) is 0.0952. The van der Waals surface area contributed by atoms with Gasteiger partial charge in [-0.1, -0.05) is 36.4 Å². The predicted molar refractivity (Wildman–Crippen MR) is 105 cm³/mol. The van der Waals surface area contributed by atoms with Gasteiger partial charge in [-0.15, -0.1) is 0 Å². The van der Waals surface area contributed by atoms with Crippen molar-refractivity contribution in [2.75, 3.05) is 5.32 Å². The zero-order valence-electron chi connectivity index (χ0n) is 14.8. The first-order valence-corrected chi connectivity index (χ1v) is 8.68. The molecule has 2 heterocycles. The van der Waals surface area contributed by atoms with E-state index in [-0.39, 0.29) is 16.7 Å². The number of H-pyrrole nitrogens is 2. The van der Waals surface area contributed by atoms with E-state index in [0.717, 1.165) is 33.5 Å². The standard InChI is InChI=1S/C21H18N4O2/c1-14-20(17-9-2-3-10-18(17)23-14)21(24-19-11-4-5-12-22-19)15-7-6-8-16(13-15)25(26)27/h2-13,21,23H,1H3,(H,22,24)/p+1/t21-/m1/s1. The van der Waals surface area contributed by atoms with Gasteiger partial charge >= 0.3 is 0 Å². The number of hydrogen-bond donors (Lipinski definition) is 2. The van der Waals surface area contributed by atoms with E-state index >= 15 is 0 Å². The van der Waals surface area contributed by atoms with Gasteiger partial charge in [0.2, 0.25) is 0 Å². The third kappa shape index (κ3) is 3.25. The summed E-state index contributed by atoms with van der Waals surface area (Å²) in [4.78, 5) is 17.5. The summed E-state index contributed by atoms with van der Waals surface area (Å²) in [6.07, 6.45) is 1.84. The Morgan fingerprint density at radius 1 is 1.07 bits per heavy atom. The van der Waals surface area contributed by atoms with Crippen LogP contribution >= 0.6 is 0 Å². The summed E-state index contributed by atoms with van der Waals surface area (Å²) in [7, 11) is 0.